The van der Waals surface area contributed by atoms with Gasteiger partial charge in [-0.25, -0.2) is 9.97 Å². The molecule has 0 radical (unpaired) electrons. The van der Waals surface area contributed by atoms with Gasteiger partial charge in [0.15, 0.2) is 0 Å². The van der Waals surface area contributed by atoms with Crippen LogP contribution in [0.25, 0.3) is 16.6 Å². The molecule has 1 saturated heterocycles. The van der Waals surface area contributed by atoms with Crippen LogP contribution in [0.3, 0.4) is 0 Å². The summed E-state index contributed by atoms with van der Waals surface area (Å²) in [5.41, 5.74) is 7.91. The van der Waals surface area contributed by atoms with Crippen molar-refractivity contribution in [1.82, 2.24) is 19.3 Å². The molecule has 3 aliphatic rings. The largest absolute Gasteiger partial charge is 0.494 e. The van der Waals surface area contributed by atoms with Crippen LogP contribution in [0.4, 0.5) is 5.95 Å². The van der Waals surface area contributed by atoms with Crippen molar-refractivity contribution in [2.45, 2.75) is 19.3 Å². The monoisotopic (exact) mass is 377 g/mol. The third-order valence-electron chi connectivity index (χ3n) is 7.28. The maximum Gasteiger partial charge on any atom is 0.274 e. The lowest BCUT2D eigenvalue weighted by Gasteiger charge is -2.22. The predicted octanol–water partition coefficient (Wildman–Crippen LogP) is 2.59. The molecule has 28 heavy (non-hydrogen) atoms. The summed E-state index contributed by atoms with van der Waals surface area (Å²) in [6.45, 7) is 1.75. The van der Waals surface area contributed by atoms with Gasteiger partial charge in [-0.2, -0.15) is 0 Å². The summed E-state index contributed by atoms with van der Waals surface area (Å²) >= 11 is 0. The molecule has 2 aliphatic carbocycles. The zero-order chi connectivity index (χ0) is 19.0. The highest BCUT2D eigenvalue weighted by molar-refractivity contribution is 5.99. The fraction of sp³-hybridized carbons (Fsp3) is 0.476. The van der Waals surface area contributed by atoms with Crippen LogP contribution in [-0.4, -0.2) is 45.4 Å². The minimum Gasteiger partial charge on any atom is -0.494 e. The van der Waals surface area contributed by atoms with Crippen LogP contribution in [0, 0.1) is 23.7 Å². The van der Waals surface area contributed by atoms with E-state index in [2.05, 4.69) is 9.97 Å². The number of nitrogens with zero attached hydrogens (tertiary/aromatic N) is 4. The number of methoxy groups -OCH3 is 1. The standard InChI is InChI=1S/C21H23N5O2/c1-28-17-4-2-3-13-18(17)24-21(22)26-10-16(23-19(13)26)20(27)25-8-14-11-5-6-12(7-11)15(14)9-25/h2-4,10-12,14-15H,5-9H2,1H3,(H2,22,24)/t11-,12+,14-,15+. The number of hydrogen-bond acceptors (Lipinski definition) is 5. The van der Waals surface area contributed by atoms with Crippen LogP contribution in [0.1, 0.15) is 29.8 Å². The van der Waals surface area contributed by atoms with Crippen LogP contribution >= 0.6 is 0 Å². The normalized spacial score (nSPS) is 28.4. The summed E-state index contributed by atoms with van der Waals surface area (Å²) in [7, 11) is 1.61. The van der Waals surface area contributed by atoms with Crippen molar-refractivity contribution in [1.29, 1.82) is 0 Å². The van der Waals surface area contributed by atoms with E-state index in [1.807, 2.05) is 23.1 Å². The number of hydrogen-bond donors (Lipinski definition) is 1. The molecule has 144 valence electrons. The minimum atomic E-state index is 0.00736. The number of amides is 1. The first kappa shape index (κ1) is 16.2. The zero-order valence-electron chi connectivity index (χ0n) is 15.8. The Balaban J connectivity index is 1.39. The van der Waals surface area contributed by atoms with E-state index in [0.29, 0.717) is 40.4 Å². The lowest BCUT2D eigenvalue weighted by molar-refractivity contribution is 0.0771. The molecule has 6 rings (SSSR count). The van der Waals surface area contributed by atoms with Crippen molar-refractivity contribution in [2.75, 3.05) is 25.9 Å². The lowest BCUT2D eigenvalue weighted by atomic mass is 9.82. The van der Waals surface area contributed by atoms with Crippen molar-refractivity contribution in [3.05, 3.63) is 30.1 Å². The van der Waals surface area contributed by atoms with Crippen LogP contribution in [0.15, 0.2) is 24.4 Å². The number of carbonyl (C=O) groups is 1. The summed E-state index contributed by atoms with van der Waals surface area (Å²) in [6, 6.07) is 5.67. The Hall–Kier alpha value is -2.83. The number of anilines is 1. The van der Waals surface area contributed by atoms with Gasteiger partial charge in [0.05, 0.1) is 7.11 Å². The van der Waals surface area contributed by atoms with Gasteiger partial charge < -0.3 is 15.4 Å². The lowest BCUT2D eigenvalue weighted by Crippen LogP contribution is -2.30. The molecule has 7 heteroatoms. The molecule has 2 aromatic heterocycles. The van der Waals surface area contributed by atoms with Crippen molar-refractivity contribution >= 4 is 28.4 Å². The van der Waals surface area contributed by atoms with Crippen molar-refractivity contribution in [2.24, 2.45) is 23.7 Å². The Bertz CT molecular complexity index is 1100. The quantitative estimate of drug-likeness (QED) is 0.742. The van der Waals surface area contributed by atoms with Crippen LogP contribution < -0.4 is 10.5 Å². The van der Waals surface area contributed by atoms with Crippen molar-refractivity contribution < 1.29 is 9.53 Å². The molecule has 0 spiro atoms. The molecule has 1 aliphatic heterocycles. The van der Waals surface area contributed by atoms with Crippen LogP contribution in [0.2, 0.25) is 0 Å². The number of nitrogen functional groups attached to an aromatic ring is 1. The average Bonchev–Trinajstić information content (AvgIpc) is 3.48. The van der Waals surface area contributed by atoms with Crippen molar-refractivity contribution in [3.8, 4) is 5.75 Å². The topological polar surface area (TPSA) is 85.8 Å². The first-order chi connectivity index (χ1) is 13.6. The maximum atomic E-state index is 13.2. The minimum absolute atomic E-state index is 0.00736. The van der Waals surface area contributed by atoms with Crippen LogP contribution in [0.5, 0.6) is 5.75 Å². The number of aromatic nitrogens is 3. The number of para-hydroxylation sites is 1. The first-order valence-corrected chi connectivity index (χ1v) is 10.0. The average molecular weight is 377 g/mol. The Morgan fingerprint density at radius 3 is 2.64 bits per heavy atom. The van der Waals surface area contributed by atoms with Gasteiger partial charge in [-0.3, -0.25) is 9.20 Å². The number of benzene rings is 1. The van der Waals surface area contributed by atoms with E-state index in [1.165, 1.54) is 19.3 Å². The highest BCUT2D eigenvalue weighted by Gasteiger charge is 2.52. The molecule has 2 N–H and O–H groups in total. The van der Waals surface area contributed by atoms with E-state index in [9.17, 15) is 4.79 Å². The number of likely N-dealkylation sites (tertiary alicyclic amines) is 1. The molecule has 4 atom stereocenters. The zero-order valence-corrected chi connectivity index (χ0v) is 15.8. The molecule has 3 aromatic rings. The van der Waals surface area contributed by atoms with E-state index >= 15 is 0 Å². The Morgan fingerprint density at radius 2 is 1.93 bits per heavy atom. The summed E-state index contributed by atoms with van der Waals surface area (Å²) in [5, 5.41) is 0.823. The number of fused-ring (bicyclic) bond motifs is 8. The van der Waals surface area contributed by atoms with Gasteiger partial charge in [0.1, 0.15) is 22.6 Å². The Kier molecular flexibility index (Phi) is 3.23. The van der Waals surface area contributed by atoms with E-state index in [0.717, 1.165) is 30.3 Å². The first-order valence-electron chi connectivity index (χ1n) is 10.0. The molecule has 1 aromatic carbocycles. The number of carbonyl (C=O) groups excluding carboxylic acids is 1. The predicted molar refractivity (Wildman–Crippen MR) is 105 cm³/mol. The molecular weight excluding hydrogens is 354 g/mol. The van der Waals surface area contributed by atoms with E-state index < -0.39 is 0 Å². The van der Waals surface area contributed by atoms with E-state index in [-0.39, 0.29) is 5.91 Å². The third-order valence-corrected chi connectivity index (χ3v) is 7.28. The van der Waals surface area contributed by atoms with Gasteiger partial charge in [-0.05, 0) is 55.1 Å². The second-order valence-corrected chi connectivity index (χ2v) is 8.52. The molecule has 3 heterocycles. The molecule has 2 bridgehead atoms. The SMILES string of the molecule is COc1cccc2c1nc(N)n1cc(C(=O)N3C[C@@H]4[C@@H]5CC[C@@H](C5)[C@@H]4C3)nc21. The van der Waals surface area contributed by atoms with Crippen molar-refractivity contribution in [3.63, 3.8) is 0 Å². The maximum absolute atomic E-state index is 13.2. The highest BCUT2D eigenvalue weighted by atomic mass is 16.5. The van der Waals surface area contributed by atoms with Gasteiger partial charge in [-0.15, -0.1) is 0 Å². The summed E-state index contributed by atoms with van der Waals surface area (Å²) in [4.78, 5) is 24.4. The van der Waals surface area contributed by atoms with Gasteiger partial charge in [-0.1, -0.05) is 6.07 Å². The van der Waals surface area contributed by atoms with Gasteiger partial charge in [0.25, 0.3) is 5.91 Å². The fourth-order valence-electron chi connectivity index (χ4n) is 6.01. The highest BCUT2D eigenvalue weighted by Crippen LogP contribution is 2.55. The second-order valence-electron chi connectivity index (χ2n) is 8.52. The molecule has 3 fully saturated rings. The fourth-order valence-corrected chi connectivity index (χ4v) is 6.01. The summed E-state index contributed by atoms with van der Waals surface area (Å²) in [6.07, 6.45) is 5.79. The van der Waals surface area contributed by atoms with Crippen LogP contribution in [-0.2, 0) is 0 Å². The second kappa shape index (κ2) is 5.59. The molecular formula is C21H23N5O2. The van der Waals surface area contributed by atoms with E-state index in [1.54, 1.807) is 17.7 Å². The van der Waals surface area contributed by atoms with Gasteiger partial charge in [0, 0.05) is 24.7 Å². The molecule has 2 saturated carbocycles. The molecule has 0 unspecified atom stereocenters. The van der Waals surface area contributed by atoms with Gasteiger partial charge in [0.2, 0.25) is 5.95 Å². The smallest absolute Gasteiger partial charge is 0.274 e. The summed E-state index contributed by atoms with van der Waals surface area (Å²) in [5.74, 6) is 3.98. The Morgan fingerprint density at radius 1 is 1.18 bits per heavy atom. The Labute approximate surface area is 162 Å². The third kappa shape index (κ3) is 2.07. The van der Waals surface area contributed by atoms with E-state index in [4.69, 9.17) is 10.5 Å². The molecule has 1 amide bonds. The summed E-state index contributed by atoms with van der Waals surface area (Å²) < 4.78 is 7.11. The number of rotatable bonds is 2. The molecule has 7 nitrogen and oxygen atoms in total. The van der Waals surface area contributed by atoms with Gasteiger partial charge >= 0.3 is 0 Å². The number of nitrogens with two attached hydrogens (primary N) is 1. The number of ether oxygens (including phenoxy) is 1. The number of imidazole rings is 1.